The molecule has 0 aliphatic carbocycles. The Morgan fingerprint density at radius 1 is 0.674 bits per heavy atom. The molecule has 0 saturated heterocycles. The van der Waals surface area contributed by atoms with Crippen molar-refractivity contribution < 1.29 is 0 Å². The molecule has 0 aliphatic heterocycles. The molecule has 0 atom stereocenters. The van der Waals surface area contributed by atoms with E-state index >= 15 is 0 Å². The maximum Gasteiger partial charge on any atom is 0.141 e. The summed E-state index contributed by atoms with van der Waals surface area (Å²) >= 11 is 0. The van der Waals surface area contributed by atoms with Gasteiger partial charge in [0.05, 0.1) is 39.9 Å². The second-order valence-electron chi connectivity index (χ2n) is 10.3. The average molecular weight is 551 g/mol. The first-order valence-corrected chi connectivity index (χ1v) is 13.8. The van der Waals surface area contributed by atoms with E-state index in [2.05, 4.69) is 81.4 Å². The molecule has 200 valence electrons. The first-order chi connectivity index (χ1) is 21.2. The number of nitrogens with one attached hydrogen (secondary N) is 1. The molecule has 0 amide bonds. The van der Waals surface area contributed by atoms with Crippen LogP contribution in [-0.2, 0) is 12.8 Å². The van der Waals surface area contributed by atoms with Gasteiger partial charge >= 0.3 is 0 Å². The smallest absolute Gasteiger partial charge is 0.141 e. The zero-order chi connectivity index (χ0) is 29.2. The summed E-state index contributed by atoms with van der Waals surface area (Å²) in [5.41, 5.74) is 7.27. The second-order valence-corrected chi connectivity index (χ2v) is 10.3. The highest BCUT2D eigenvalue weighted by Crippen LogP contribution is 2.37. The Morgan fingerprint density at radius 3 is 2.14 bits per heavy atom. The molecule has 0 fully saturated rings. The van der Waals surface area contributed by atoms with Gasteiger partial charge < -0.3 is 4.98 Å². The van der Waals surface area contributed by atoms with E-state index in [0.717, 1.165) is 55.7 Å². The molecule has 7 aromatic rings. The molecule has 43 heavy (non-hydrogen) atoms. The Kier molecular flexibility index (Phi) is 6.53. The quantitative estimate of drug-likeness (QED) is 0.184. The lowest BCUT2D eigenvalue weighted by atomic mass is 9.94. The first kappa shape index (κ1) is 25.7. The Hall–Kier alpha value is -6.29. The van der Waals surface area contributed by atoms with Gasteiger partial charge in [0.2, 0.25) is 0 Å². The van der Waals surface area contributed by atoms with Crippen LogP contribution in [0.15, 0.2) is 104 Å². The van der Waals surface area contributed by atoms with Gasteiger partial charge in [0, 0.05) is 47.5 Å². The van der Waals surface area contributed by atoms with Gasteiger partial charge in [-0.05, 0) is 70.3 Å². The molecule has 0 spiro atoms. The summed E-state index contributed by atoms with van der Waals surface area (Å²) in [5.74, 6) is 6.99. The van der Waals surface area contributed by atoms with E-state index in [0.29, 0.717) is 28.9 Å². The van der Waals surface area contributed by atoms with Crippen molar-refractivity contribution >= 4 is 32.6 Å². The van der Waals surface area contributed by atoms with Crippen LogP contribution in [0.1, 0.15) is 33.4 Å². The van der Waals surface area contributed by atoms with Crippen LogP contribution < -0.4 is 0 Å². The normalized spacial score (nSPS) is 10.7. The number of nitrogens with zero attached hydrogens (tertiary/aromatic N) is 5. The summed E-state index contributed by atoms with van der Waals surface area (Å²) in [6, 6.07) is 30.3. The predicted octanol–water partition coefficient (Wildman–Crippen LogP) is 7.25. The van der Waals surface area contributed by atoms with Crippen molar-refractivity contribution in [2.75, 3.05) is 0 Å². The predicted molar refractivity (Wildman–Crippen MR) is 168 cm³/mol. The Balaban J connectivity index is 1.44. The van der Waals surface area contributed by atoms with Gasteiger partial charge in [0.15, 0.2) is 0 Å². The van der Waals surface area contributed by atoms with Gasteiger partial charge in [-0.2, -0.15) is 10.5 Å². The van der Waals surface area contributed by atoms with Crippen molar-refractivity contribution in [2.45, 2.75) is 12.8 Å². The molecule has 6 heteroatoms. The highest BCUT2D eigenvalue weighted by Gasteiger charge is 2.19. The summed E-state index contributed by atoms with van der Waals surface area (Å²) in [6.07, 6.45) is 8.53. The van der Waals surface area contributed by atoms with Crippen molar-refractivity contribution in [1.82, 2.24) is 19.9 Å². The van der Waals surface area contributed by atoms with E-state index < -0.39 is 0 Å². The summed E-state index contributed by atoms with van der Waals surface area (Å²) in [6.45, 7) is 0. The van der Waals surface area contributed by atoms with Gasteiger partial charge in [-0.1, -0.05) is 54.3 Å². The minimum atomic E-state index is 0.403. The standard InChI is InChI=1S/C37H22N6/c38-20-28-9-2-10-29(21-39)34(28)37-42-35-30-13-11-24(5-1-6-25-7-3-15-40-22-25)18-32(30)33-19-26(12-14-31(33)36(35)43-37)17-27-8-4-16-41-23-27/h2-4,7-16,18-19,22-23H,5,17H2,(H,42,43). The average Bonchev–Trinajstić information content (AvgIpc) is 3.51. The molecule has 3 heterocycles. The highest BCUT2D eigenvalue weighted by molar-refractivity contribution is 6.23. The number of aromatic nitrogens is 4. The number of fused-ring (bicyclic) bond motifs is 6. The van der Waals surface area contributed by atoms with Crippen LogP contribution in [0.3, 0.4) is 0 Å². The molecule has 0 saturated carbocycles. The lowest BCUT2D eigenvalue weighted by Gasteiger charge is -2.10. The molecule has 4 aromatic carbocycles. The van der Waals surface area contributed by atoms with Crippen LogP contribution in [0.4, 0.5) is 0 Å². The van der Waals surface area contributed by atoms with Crippen molar-refractivity contribution in [1.29, 1.82) is 10.5 Å². The van der Waals surface area contributed by atoms with Gasteiger partial charge in [0.25, 0.3) is 0 Å². The molecule has 7 rings (SSSR count). The fourth-order valence-electron chi connectivity index (χ4n) is 5.57. The number of H-pyrrole nitrogens is 1. The largest absolute Gasteiger partial charge is 0.337 e. The van der Waals surface area contributed by atoms with Crippen LogP contribution in [0, 0.1) is 34.5 Å². The lowest BCUT2D eigenvalue weighted by molar-refractivity contribution is 1.15. The maximum absolute atomic E-state index is 9.82. The van der Waals surface area contributed by atoms with Crippen LogP contribution in [0.25, 0.3) is 44.0 Å². The van der Waals surface area contributed by atoms with Gasteiger partial charge in [0.1, 0.15) is 5.82 Å². The summed E-state index contributed by atoms with van der Waals surface area (Å²) in [4.78, 5) is 16.9. The fourth-order valence-corrected chi connectivity index (χ4v) is 5.57. The third-order valence-corrected chi connectivity index (χ3v) is 7.55. The van der Waals surface area contributed by atoms with E-state index in [1.807, 2.05) is 24.4 Å². The van der Waals surface area contributed by atoms with Gasteiger partial charge in [-0.3, -0.25) is 9.97 Å². The monoisotopic (exact) mass is 550 g/mol. The van der Waals surface area contributed by atoms with Crippen LogP contribution >= 0.6 is 0 Å². The minimum absolute atomic E-state index is 0.403. The molecule has 0 radical (unpaired) electrons. The molecule has 1 N–H and O–H groups in total. The zero-order valence-electron chi connectivity index (χ0n) is 23.0. The molecule has 6 nitrogen and oxygen atoms in total. The number of rotatable bonds is 4. The number of nitriles is 2. The maximum atomic E-state index is 9.82. The van der Waals surface area contributed by atoms with Crippen molar-refractivity contribution in [3.8, 4) is 35.4 Å². The summed E-state index contributed by atoms with van der Waals surface area (Å²) in [5, 5.41) is 23.8. The molecule has 0 unspecified atom stereocenters. The second kappa shape index (κ2) is 10.9. The van der Waals surface area contributed by atoms with E-state index in [1.165, 1.54) is 5.56 Å². The van der Waals surface area contributed by atoms with E-state index in [-0.39, 0.29) is 0 Å². The Bertz CT molecular complexity index is 2280. The number of benzene rings is 4. The zero-order valence-corrected chi connectivity index (χ0v) is 23.0. The lowest BCUT2D eigenvalue weighted by Crippen LogP contribution is -1.91. The summed E-state index contributed by atoms with van der Waals surface area (Å²) in [7, 11) is 0. The molecule has 0 aliphatic rings. The Labute approximate surface area is 247 Å². The van der Waals surface area contributed by atoms with E-state index in [4.69, 9.17) is 4.98 Å². The molecular weight excluding hydrogens is 528 g/mol. The van der Waals surface area contributed by atoms with Crippen molar-refractivity contribution in [3.05, 3.63) is 137 Å². The van der Waals surface area contributed by atoms with Crippen LogP contribution in [0.2, 0.25) is 0 Å². The number of pyridine rings is 2. The summed E-state index contributed by atoms with van der Waals surface area (Å²) < 4.78 is 0. The number of hydrogen-bond donors (Lipinski definition) is 1. The first-order valence-electron chi connectivity index (χ1n) is 13.8. The van der Waals surface area contributed by atoms with Crippen molar-refractivity contribution in [3.63, 3.8) is 0 Å². The SMILES string of the molecule is N#Cc1cccc(C#N)c1-c1nc2c3ccc(CC#Cc4cccnc4)cc3c3cc(Cc4cccnc4)ccc3c2[nH]1. The van der Waals surface area contributed by atoms with Gasteiger partial charge in [-0.15, -0.1) is 0 Å². The number of imidazole rings is 1. The molecule has 3 aromatic heterocycles. The van der Waals surface area contributed by atoms with Crippen LogP contribution in [0.5, 0.6) is 0 Å². The van der Waals surface area contributed by atoms with Gasteiger partial charge in [-0.25, -0.2) is 4.98 Å². The topological polar surface area (TPSA) is 102 Å². The van der Waals surface area contributed by atoms with E-state index in [9.17, 15) is 10.5 Å². The van der Waals surface area contributed by atoms with Crippen LogP contribution in [-0.4, -0.2) is 19.9 Å². The molecule has 0 bridgehead atoms. The third-order valence-electron chi connectivity index (χ3n) is 7.55. The number of hydrogen-bond acceptors (Lipinski definition) is 5. The minimum Gasteiger partial charge on any atom is -0.337 e. The highest BCUT2D eigenvalue weighted by atomic mass is 14.9. The number of aromatic amines is 1. The Morgan fingerprint density at radius 2 is 1.40 bits per heavy atom. The third kappa shape index (κ3) is 4.82. The molecular formula is C37H22N6. The van der Waals surface area contributed by atoms with E-state index in [1.54, 1.807) is 36.8 Å². The fraction of sp³-hybridized carbons (Fsp3) is 0.0541. The van der Waals surface area contributed by atoms with Crippen molar-refractivity contribution in [2.24, 2.45) is 0 Å².